The molecule has 3 fully saturated rings. The summed E-state index contributed by atoms with van der Waals surface area (Å²) in [6, 6.07) is 2.93. The van der Waals surface area contributed by atoms with Gasteiger partial charge in [-0.3, -0.25) is 19.2 Å². The van der Waals surface area contributed by atoms with Gasteiger partial charge in [-0.2, -0.15) is 4.72 Å². The standard InChI is InChI=1S/C24H32ClN5O6S/c1-15(31)28(2)17-9-11-29(13-17)22(32)14-30-10-3-4-21(24(30)34)27-37(35,36)18-7-8-20(19(25)12-18)26-23(33)16-5-6-16/h7-8,12,16-17,21,27H,3-6,9-11,13-14H2,1-2H3,(H,26,33)/t17?,21-/m0/s1. The molecule has 0 spiro atoms. The zero-order valence-electron chi connectivity index (χ0n) is 20.9. The number of hydrogen-bond acceptors (Lipinski definition) is 6. The van der Waals surface area contributed by atoms with E-state index in [1.165, 1.54) is 30.0 Å². The molecule has 2 N–H and O–H groups in total. The topological polar surface area (TPSA) is 136 Å². The smallest absolute Gasteiger partial charge is 0.242 e. The van der Waals surface area contributed by atoms with Crippen molar-refractivity contribution in [1.82, 2.24) is 19.4 Å². The van der Waals surface area contributed by atoms with Crippen LogP contribution in [0.25, 0.3) is 0 Å². The van der Waals surface area contributed by atoms with Crippen molar-refractivity contribution in [3.05, 3.63) is 23.2 Å². The first-order valence-corrected chi connectivity index (χ1v) is 14.2. The van der Waals surface area contributed by atoms with Crippen LogP contribution in [0.2, 0.25) is 5.02 Å². The quantitative estimate of drug-likeness (QED) is 0.493. The lowest BCUT2D eigenvalue weighted by Gasteiger charge is -2.33. The highest BCUT2D eigenvalue weighted by Gasteiger charge is 2.36. The molecule has 3 aliphatic rings. The molecule has 2 saturated heterocycles. The number of benzene rings is 1. The van der Waals surface area contributed by atoms with Crippen molar-refractivity contribution in [2.24, 2.45) is 5.92 Å². The van der Waals surface area contributed by atoms with Crippen LogP contribution in [-0.2, 0) is 29.2 Å². The van der Waals surface area contributed by atoms with Gasteiger partial charge in [0.05, 0.1) is 28.2 Å². The molecular formula is C24H32ClN5O6S. The number of likely N-dealkylation sites (tertiary alicyclic amines) is 2. The molecule has 4 amide bonds. The van der Waals surface area contributed by atoms with Crippen LogP contribution in [0, 0.1) is 5.92 Å². The average molecular weight is 554 g/mol. The number of sulfonamides is 1. The molecule has 0 radical (unpaired) electrons. The molecule has 1 saturated carbocycles. The summed E-state index contributed by atoms with van der Waals surface area (Å²) < 4.78 is 28.5. The van der Waals surface area contributed by atoms with Gasteiger partial charge in [0.15, 0.2) is 0 Å². The lowest BCUT2D eigenvalue weighted by molar-refractivity contribution is -0.142. The van der Waals surface area contributed by atoms with E-state index >= 15 is 0 Å². The third-order valence-corrected chi connectivity index (χ3v) is 8.95. The number of hydrogen-bond donors (Lipinski definition) is 2. The van der Waals surface area contributed by atoms with Crippen LogP contribution in [-0.4, -0.2) is 92.1 Å². The normalized spacial score (nSPS) is 22.2. The number of halogens is 1. The van der Waals surface area contributed by atoms with Crippen LogP contribution in [0.5, 0.6) is 0 Å². The average Bonchev–Trinajstić information content (AvgIpc) is 3.58. The Bertz CT molecular complexity index is 1200. The van der Waals surface area contributed by atoms with Gasteiger partial charge in [0, 0.05) is 39.5 Å². The molecule has 1 aromatic rings. The molecule has 4 rings (SSSR count). The van der Waals surface area contributed by atoms with Crippen molar-refractivity contribution >= 4 is 50.9 Å². The van der Waals surface area contributed by atoms with Gasteiger partial charge in [0.25, 0.3) is 0 Å². The van der Waals surface area contributed by atoms with Crippen LogP contribution in [0.3, 0.4) is 0 Å². The second-order valence-electron chi connectivity index (χ2n) is 9.89. The summed E-state index contributed by atoms with van der Waals surface area (Å²) in [5.74, 6) is -0.929. The van der Waals surface area contributed by atoms with Crippen molar-refractivity contribution in [2.45, 2.75) is 56.0 Å². The molecule has 2 heterocycles. The number of nitrogens with zero attached hydrogens (tertiary/aromatic N) is 3. The summed E-state index contributed by atoms with van der Waals surface area (Å²) >= 11 is 6.22. The maximum absolute atomic E-state index is 13.1. The molecule has 202 valence electrons. The van der Waals surface area contributed by atoms with E-state index in [9.17, 15) is 27.6 Å². The summed E-state index contributed by atoms with van der Waals surface area (Å²) in [4.78, 5) is 54.0. The van der Waals surface area contributed by atoms with E-state index in [1.807, 2.05) is 0 Å². The molecule has 1 unspecified atom stereocenters. The first kappa shape index (κ1) is 27.3. The predicted molar refractivity (Wildman–Crippen MR) is 136 cm³/mol. The minimum Gasteiger partial charge on any atom is -0.341 e. The van der Waals surface area contributed by atoms with Crippen molar-refractivity contribution in [3.63, 3.8) is 0 Å². The molecule has 0 bridgehead atoms. The second-order valence-corrected chi connectivity index (χ2v) is 12.0. The highest BCUT2D eigenvalue weighted by Crippen LogP contribution is 2.32. The van der Waals surface area contributed by atoms with E-state index < -0.39 is 22.0 Å². The third-order valence-electron chi connectivity index (χ3n) is 7.17. The zero-order valence-corrected chi connectivity index (χ0v) is 22.5. The molecule has 13 heteroatoms. The number of carbonyl (C=O) groups is 4. The number of piperidine rings is 1. The maximum Gasteiger partial charge on any atom is 0.242 e. The zero-order chi connectivity index (χ0) is 26.9. The lowest BCUT2D eigenvalue weighted by atomic mass is 10.1. The number of rotatable bonds is 8. The third kappa shape index (κ3) is 6.42. The van der Waals surface area contributed by atoms with E-state index in [0.717, 1.165) is 12.8 Å². The van der Waals surface area contributed by atoms with Crippen LogP contribution >= 0.6 is 11.6 Å². The number of likely N-dealkylation sites (N-methyl/N-ethyl adjacent to an activating group) is 1. The van der Waals surface area contributed by atoms with Crippen LogP contribution in [0.15, 0.2) is 23.1 Å². The Labute approximate surface area is 221 Å². The summed E-state index contributed by atoms with van der Waals surface area (Å²) in [5.41, 5.74) is 0.328. The van der Waals surface area contributed by atoms with Crippen LogP contribution < -0.4 is 10.0 Å². The number of nitrogens with one attached hydrogen (secondary N) is 2. The Balaban J connectivity index is 1.36. The monoisotopic (exact) mass is 553 g/mol. The fourth-order valence-corrected chi connectivity index (χ4v) is 6.15. The Kier molecular flexibility index (Phi) is 8.10. The van der Waals surface area contributed by atoms with Crippen molar-refractivity contribution in [3.8, 4) is 0 Å². The van der Waals surface area contributed by atoms with Gasteiger partial charge >= 0.3 is 0 Å². The Hall–Kier alpha value is -2.70. The minimum absolute atomic E-state index is 0.0259. The van der Waals surface area contributed by atoms with Gasteiger partial charge in [-0.25, -0.2) is 8.42 Å². The van der Waals surface area contributed by atoms with Crippen molar-refractivity contribution in [1.29, 1.82) is 0 Å². The first-order chi connectivity index (χ1) is 17.5. The summed E-state index contributed by atoms with van der Waals surface area (Å²) in [5, 5.41) is 2.78. The summed E-state index contributed by atoms with van der Waals surface area (Å²) in [6.07, 6.45) is 3.17. The van der Waals surface area contributed by atoms with E-state index in [2.05, 4.69) is 10.0 Å². The summed E-state index contributed by atoms with van der Waals surface area (Å²) in [7, 11) is -2.38. The Morgan fingerprint density at radius 2 is 1.86 bits per heavy atom. The van der Waals surface area contributed by atoms with E-state index in [-0.39, 0.29) is 46.1 Å². The van der Waals surface area contributed by atoms with Crippen LogP contribution in [0.4, 0.5) is 5.69 Å². The van der Waals surface area contributed by atoms with Gasteiger partial charge in [-0.05, 0) is 50.3 Å². The van der Waals surface area contributed by atoms with Crippen LogP contribution in [0.1, 0.15) is 39.0 Å². The number of carbonyl (C=O) groups excluding carboxylic acids is 4. The fourth-order valence-electron chi connectivity index (χ4n) is 4.61. The highest BCUT2D eigenvalue weighted by atomic mass is 35.5. The maximum atomic E-state index is 13.1. The predicted octanol–water partition coefficient (Wildman–Crippen LogP) is 1.04. The lowest BCUT2D eigenvalue weighted by Crippen LogP contribution is -2.54. The van der Waals surface area contributed by atoms with Gasteiger partial charge in [0.1, 0.15) is 6.04 Å². The highest BCUT2D eigenvalue weighted by molar-refractivity contribution is 7.89. The van der Waals surface area contributed by atoms with Crippen molar-refractivity contribution < 1.29 is 27.6 Å². The Morgan fingerprint density at radius 3 is 2.51 bits per heavy atom. The van der Waals surface area contributed by atoms with Gasteiger partial charge in [0.2, 0.25) is 33.7 Å². The number of anilines is 1. The molecule has 1 aromatic carbocycles. The first-order valence-electron chi connectivity index (χ1n) is 12.4. The molecule has 1 aliphatic carbocycles. The van der Waals surface area contributed by atoms with Gasteiger partial charge in [-0.1, -0.05) is 11.6 Å². The Morgan fingerprint density at radius 1 is 1.14 bits per heavy atom. The van der Waals surface area contributed by atoms with Gasteiger partial charge < -0.3 is 20.0 Å². The molecule has 0 aromatic heterocycles. The molecular weight excluding hydrogens is 522 g/mol. The molecule has 37 heavy (non-hydrogen) atoms. The second kappa shape index (κ2) is 11.0. The number of amides is 4. The van der Waals surface area contributed by atoms with E-state index in [1.54, 1.807) is 16.8 Å². The SMILES string of the molecule is CC(=O)N(C)C1CCN(C(=O)CN2CCC[C@H](NS(=O)(=O)c3ccc(NC(=O)C4CC4)c(Cl)c3)C2=O)C1. The van der Waals surface area contributed by atoms with Crippen molar-refractivity contribution in [2.75, 3.05) is 38.5 Å². The largest absolute Gasteiger partial charge is 0.341 e. The minimum atomic E-state index is -4.08. The molecule has 2 aliphatic heterocycles. The summed E-state index contributed by atoms with van der Waals surface area (Å²) in [6.45, 7) is 2.60. The molecule has 2 atom stereocenters. The molecule has 11 nitrogen and oxygen atoms in total. The van der Waals surface area contributed by atoms with Gasteiger partial charge in [-0.15, -0.1) is 0 Å². The fraction of sp³-hybridized carbons (Fsp3) is 0.583. The van der Waals surface area contributed by atoms with E-state index in [0.29, 0.717) is 44.6 Å². The van der Waals surface area contributed by atoms with E-state index in [4.69, 9.17) is 11.6 Å².